The molecule has 3 N–H and O–H groups in total. The van der Waals surface area contributed by atoms with Gasteiger partial charge in [0.05, 0.1) is 12.2 Å². The van der Waals surface area contributed by atoms with Crippen molar-refractivity contribution in [2.24, 2.45) is 0 Å². The average Bonchev–Trinajstić information content (AvgIpc) is 3.18. The van der Waals surface area contributed by atoms with Crippen LogP contribution in [0.25, 0.3) is 10.2 Å². The highest BCUT2D eigenvalue weighted by molar-refractivity contribution is 7.21. The number of carbonyl (C=O) groups excluding carboxylic acids is 2. The maximum Gasteiger partial charge on any atom is 0.351 e. The first-order valence-corrected chi connectivity index (χ1v) is 9.27. The Balaban J connectivity index is 1.65. The van der Waals surface area contributed by atoms with E-state index in [0.29, 0.717) is 17.1 Å². The minimum Gasteiger partial charge on any atom is -0.451 e. The molecule has 0 saturated heterocycles. The molecule has 25 heavy (non-hydrogen) atoms. The van der Waals surface area contributed by atoms with Crippen LogP contribution in [0, 0.1) is 13.8 Å². The quantitative estimate of drug-likeness (QED) is 0.669. The van der Waals surface area contributed by atoms with Gasteiger partial charge < -0.3 is 15.8 Å². The zero-order chi connectivity index (χ0) is 18.0. The van der Waals surface area contributed by atoms with Gasteiger partial charge in [0.25, 0.3) is 5.91 Å². The van der Waals surface area contributed by atoms with E-state index >= 15 is 0 Å². The van der Waals surface area contributed by atoms with Gasteiger partial charge in [0.15, 0.2) is 6.61 Å². The number of aryl methyl sites for hydroxylation is 2. The Morgan fingerprint density at radius 3 is 2.88 bits per heavy atom. The van der Waals surface area contributed by atoms with Gasteiger partial charge in [-0.2, -0.15) is 0 Å². The van der Waals surface area contributed by atoms with Crippen molar-refractivity contribution >= 4 is 50.5 Å². The van der Waals surface area contributed by atoms with Gasteiger partial charge in [0.2, 0.25) is 0 Å². The third kappa shape index (κ3) is 3.80. The number of pyridine rings is 1. The Hall–Kier alpha value is -2.45. The number of carbonyl (C=O) groups is 2. The lowest BCUT2D eigenvalue weighted by molar-refractivity contribution is -0.124. The van der Waals surface area contributed by atoms with Gasteiger partial charge in [-0.15, -0.1) is 22.7 Å². The minimum absolute atomic E-state index is 0.280. The maximum atomic E-state index is 12.3. The molecule has 1 amide bonds. The number of thiophene rings is 2. The summed E-state index contributed by atoms with van der Waals surface area (Å²) in [5.74, 6) is -0.963. The summed E-state index contributed by atoms with van der Waals surface area (Å²) in [6.07, 6.45) is 0. The van der Waals surface area contributed by atoms with E-state index < -0.39 is 5.97 Å². The molecule has 0 aliphatic heterocycles. The summed E-state index contributed by atoms with van der Waals surface area (Å²) in [4.78, 5) is 30.5. The first kappa shape index (κ1) is 17.4. The van der Waals surface area contributed by atoms with Crippen molar-refractivity contribution in [2.75, 3.05) is 12.3 Å². The highest BCUT2D eigenvalue weighted by Gasteiger charge is 2.20. The van der Waals surface area contributed by atoms with Crippen molar-refractivity contribution in [3.63, 3.8) is 0 Å². The van der Waals surface area contributed by atoms with Crippen molar-refractivity contribution < 1.29 is 14.3 Å². The second kappa shape index (κ2) is 7.20. The summed E-state index contributed by atoms with van der Waals surface area (Å²) >= 11 is 2.73. The number of nitrogens with two attached hydrogens (primary N) is 1. The Bertz CT molecular complexity index is 932. The van der Waals surface area contributed by atoms with E-state index in [0.717, 1.165) is 21.5 Å². The SMILES string of the molecule is Cc1cc(C)c2c(N)c(C(=O)OCC(=O)NCc3cccs3)sc2n1. The predicted molar refractivity (Wildman–Crippen MR) is 100.0 cm³/mol. The molecule has 0 radical (unpaired) electrons. The molecule has 0 unspecified atom stereocenters. The van der Waals surface area contributed by atoms with Crippen LogP contribution in [0.4, 0.5) is 5.69 Å². The van der Waals surface area contributed by atoms with Crippen molar-refractivity contribution in [1.82, 2.24) is 10.3 Å². The molecular weight excluding hydrogens is 358 g/mol. The zero-order valence-corrected chi connectivity index (χ0v) is 15.4. The van der Waals surface area contributed by atoms with Crippen LogP contribution in [0.3, 0.4) is 0 Å². The number of ether oxygens (including phenoxy) is 1. The molecular formula is C17H17N3O3S2. The first-order chi connectivity index (χ1) is 12.0. The molecule has 130 valence electrons. The van der Waals surface area contributed by atoms with E-state index in [1.165, 1.54) is 11.3 Å². The van der Waals surface area contributed by atoms with Gasteiger partial charge in [0.1, 0.15) is 9.71 Å². The Morgan fingerprint density at radius 2 is 2.16 bits per heavy atom. The topological polar surface area (TPSA) is 94.3 Å². The molecule has 0 aromatic carbocycles. The van der Waals surface area contributed by atoms with Gasteiger partial charge in [-0.3, -0.25) is 4.79 Å². The lowest BCUT2D eigenvalue weighted by Crippen LogP contribution is -2.28. The smallest absolute Gasteiger partial charge is 0.351 e. The van der Waals surface area contributed by atoms with E-state index in [4.69, 9.17) is 10.5 Å². The molecule has 0 spiro atoms. The van der Waals surface area contributed by atoms with E-state index in [9.17, 15) is 9.59 Å². The number of esters is 1. The molecule has 3 heterocycles. The van der Waals surface area contributed by atoms with Gasteiger partial charge >= 0.3 is 5.97 Å². The number of hydrogen-bond acceptors (Lipinski definition) is 7. The van der Waals surface area contributed by atoms with E-state index in [-0.39, 0.29) is 17.4 Å². The summed E-state index contributed by atoms with van der Waals surface area (Å²) in [6.45, 7) is 3.89. The largest absolute Gasteiger partial charge is 0.451 e. The maximum absolute atomic E-state index is 12.3. The third-order valence-electron chi connectivity index (χ3n) is 3.58. The summed E-state index contributed by atoms with van der Waals surface area (Å²) < 4.78 is 5.10. The van der Waals surface area contributed by atoms with Crippen LogP contribution >= 0.6 is 22.7 Å². The monoisotopic (exact) mass is 375 g/mol. The Morgan fingerprint density at radius 1 is 1.36 bits per heavy atom. The van der Waals surface area contributed by atoms with Gasteiger partial charge in [-0.05, 0) is 36.9 Å². The van der Waals surface area contributed by atoms with Crippen LogP contribution in [0.1, 0.15) is 25.8 Å². The molecule has 0 atom stereocenters. The molecule has 3 aromatic heterocycles. The standard InChI is InChI=1S/C17H17N3O3S2/c1-9-6-10(2)20-16-13(9)14(18)15(25-16)17(22)23-8-12(21)19-7-11-4-3-5-24-11/h3-6H,7-8,18H2,1-2H3,(H,19,21). The number of nitrogens with one attached hydrogen (secondary N) is 1. The number of hydrogen-bond donors (Lipinski definition) is 2. The highest BCUT2D eigenvalue weighted by atomic mass is 32.1. The number of nitrogen functional groups attached to an aromatic ring is 1. The van der Waals surface area contributed by atoms with Crippen LogP contribution in [-0.4, -0.2) is 23.5 Å². The molecule has 0 bridgehead atoms. The van der Waals surface area contributed by atoms with Crippen LogP contribution in [0.15, 0.2) is 23.6 Å². The zero-order valence-electron chi connectivity index (χ0n) is 13.8. The molecule has 6 nitrogen and oxygen atoms in total. The lowest BCUT2D eigenvalue weighted by Gasteiger charge is -2.05. The van der Waals surface area contributed by atoms with Crippen molar-refractivity contribution in [2.45, 2.75) is 20.4 Å². The third-order valence-corrected chi connectivity index (χ3v) is 5.54. The summed E-state index contributed by atoms with van der Waals surface area (Å²) in [7, 11) is 0. The van der Waals surface area contributed by atoms with E-state index in [1.807, 2.05) is 37.4 Å². The van der Waals surface area contributed by atoms with Crippen molar-refractivity contribution in [1.29, 1.82) is 0 Å². The molecule has 0 aliphatic carbocycles. The first-order valence-electron chi connectivity index (χ1n) is 7.58. The fourth-order valence-corrected chi connectivity index (χ4v) is 4.22. The van der Waals surface area contributed by atoms with Crippen LogP contribution < -0.4 is 11.1 Å². The van der Waals surface area contributed by atoms with Gasteiger partial charge in [-0.1, -0.05) is 6.07 Å². The molecule has 3 rings (SSSR count). The number of rotatable bonds is 5. The van der Waals surface area contributed by atoms with E-state index in [1.54, 1.807) is 11.3 Å². The lowest BCUT2D eigenvalue weighted by atomic mass is 10.1. The number of amides is 1. The predicted octanol–water partition coefficient (Wildman–Crippen LogP) is 3.03. The van der Waals surface area contributed by atoms with E-state index in [2.05, 4.69) is 10.3 Å². The Kier molecular flexibility index (Phi) is 5.00. The van der Waals surface area contributed by atoms with Gasteiger partial charge in [-0.25, -0.2) is 9.78 Å². The number of aromatic nitrogens is 1. The molecule has 0 fully saturated rings. The summed E-state index contributed by atoms with van der Waals surface area (Å²) in [5.41, 5.74) is 8.27. The van der Waals surface area contributed by atoms with Crippen LogP contribution in [0.2, 0.25) is 0 Å². The molecule has 0 aliphatic rings. The summed E-state index contributed by atoms with van der Waals surface area (Å²) in [6, 6.07) is 5.75. The van der Waals surface area contributed by atoms with Crippen LogP contribution in [-0.2, 0) is 16.1 Å². The highest BCUT2D eigenvalue weighted by Crippen LogP contribution is 2.35. The fourth-order valence-electron chi connectivity index (χ4n) is 2.47. The number of nitrogens with zero attached hydrogens (tertiary/aromatic N) is 1. The van der Waals surface area contributed by atoms with Crippen molar-refractivity contribution in [3.05, 3.63) is 44.6 Å². The second-order valence-corrected chi connectivity index (χ2v) is 7.57. The normalized spacial score (nSPS) is 10.8. The Labute approximate surface area is 152 Å². The number of anilines is 1. The summed E-state index contributed by atoms with van der Waals surface area (Å²) in [5, 5.41) is 5.41. The fraction of sp³-hybridized carbons (Fsp3) is 0.235. The molecule has 0 saturated carbocycles. The minimum atomic E-state index is -0.608. The van der Waals surface area contributed by atoms with Crippen LogP contribution in [0.5, 0.6) is 0 Å². The number of fused-ring (bicyclic) bond motifs is 1. The average molecular weight is 375 g/mol. The van der Waals surface area contributed by atoms with Gasteiger partial charge in [0, 0.05) is 16.0 Å². The molecule has 3 aromatic rings. The second-order valence-electron chi connectivity index (χ2n) is 5.54. The molecule has 8 heteroatoms. The van der Waals surface area contributed by atoms with Crippen molar-refractivity contribution in [3.8, 4) is 0 Å².